The quantitative estimate of drug-likeness (QED) is 0.720. The molecule has 3 rings (SSSR count). The molecule has 0 bridgehead atoms. The van der Waals surface area contributed by atoms with E-state index in [2.05, 4.69) is 31.0 Å². The van der Waals surface area contributed by atoms with Crippen molar-refractivity contribution in [2.45, 2.75) is 38.1 Å². The number of likely N-dealkylation sites (N-methyl/N-ethyl adjacent to an activating group) is 1. The Morgan fingerprint density at radius 3 is 2.59 bits per heavy atom. The molecule has 0 fully saturated rings. The molecule has 1 N–H and O–H groups in total. The molecular formula is C22H29N3O3S. The largest absolute Gasteiger partial charge is 0.350 e. The van der Waals surface area contributed by atoms with Gasteiger partial charge in [0.2, 0.25) is 0 Å². The lowest BCUT2D eigenvalue weighted by molar-refractivity contribution is 0.0937. The Kier molecular flexibility index (Phi) is 6.59. The van der Waals surface area contributed by atoms with Crippen LogP contribution in [0, 0.1) is 0 Å². The van der Waals surface area contributed by atoms with Crippen molar-refractivity contribution < 1.29 is 13.2 Å². The summed E-state index contributed by atoms with van der Waals surface area (Å²) in [6.45, 7) is 9.01. The number of hydrogen-bond donors (Lipinski definition) is 1. The first kappa shape index (κ1) is 21.3. The summed E-state index contributed by atoms with van der Waals surface area (Å²) >= 11 is 0. The van der Waals surface area contributed by atoms with Gasteiger partial charge in [0.25, 0.3) is 15.9 Å². The number of carbonyl (C=O) groups excluding carboxylic acids is 1. The lowest BCUT2D eigenvalue weighted by Gasteiger charge is -2.26. The van der Waals surface area contributed by atoms with Gasteiger partial charge in [-0.1, -0.05) is 38.1 Å². The van der Waals surface area contributed by atoms with E-state index in [1.807, 2.05) is 24.3 Å². The minimum absolute atomic E-state index is 0.138. The third-order valence-electron chi connectivity index (χ3n) is 5.52. The Bertz CT molecular complexity index is 971. The molecule has 1 aliphatic rings. The van der Waals surface area contributed by atoms with Crippen LogP contribution < -0.4 is 9.62 Å². The van der Waals surface area contributed by atoms with Crippen LogP contribution in [-0.2, 0) is 16.4 Å². The second-order valence-electron chi connectivity index (χ2n) is 7.26. The van der Waals surface area contributed by atoms with Crippen LogP contribution in [0.3, 0.4) is 0 Å². The summed E-state index contributed by atoms with van der Waals surface area (Å²) in [5.41, 5.74) is 2.09. The second-order valence-corrected chi connectivity index (χ2v) is 9.13. The lowest BCUT2D eigenvalue weighted by Crippen LogP contribution is -2.42. The van der Waals surface area contributed by atoms with Crippen molar-refractivity contribution >= 4 is 21.6 Å². The van der Waals surface area contributed by atoms with Crippen molar-refractivity contribution in [3.8, 4) is 0 Å². The molecular weight excluding hydrogens is 386 g/mol. The van der Waals surface area contributed by atoms with E-state index < -0.39 is 10.0 Å². The maximum atomic E-state index is 13.2. The van der Waals surface area contributed by atoms with Crippen molar-refractivity contribution in [1.82, 2.24) is 10.2 Å². The molecule has 1 aliphatic heterocycles. The van der Waals surface area contributed by atoms with Crippen molar-refractivity contribution in [1.29, 1.82) is 0 Å². The Balaban J connectivity index is 1.76. The molecule has 0 saturated carbocycles. The first-order valence-corrected chi connectivity index (χ1v) is 11.6. The molecule has 1 unspecified atom stereocenters. The SMILES string of the molecule is CCN(CC)C(C)CNC(=O)c1cccc(S(=O)(=O)N2CCc3ccccc32)c1. The maximum Gasteiger partial charge on any atom is 0.264 e. The number of fused-ring (bicyclic) bond motifs is 1. The Labute approximate surface area is 173 Å². The van der Waals surface area contributed by atoms with E-state index in [0.29, 0.717) is 25.1 Å². The highest BCUT2D eigenvalue weighted by Gasteiger charge is 2.31. The fraction of sp³-hybridized carbons (Fsp3) is 0.409. The molecule has 6 nitrogen and oxygen atoms in total. The molecule has 1 heterocycles. The number of rotatable bonds is 8. The van der Waals surface area contributed by atoms with Gasteiger partial charge >= 0.3 is 0 Å². The van der Waals surface area contributed by atoms with Crippen molar-refractivity contribution in [3.05, 3.63) is 59.7 Å². The van der Waals surface area contributed by atoms with E-state index >= 15 is 0 Å². The van der Waals surface area contributed by atoms with E-state index in [9.17, 15) is 13.2 Å². The number of hydrogen-bond acceptors (Lipinski definition) is 4. The van der Waals surface area contributed by atoms with Gasteiger partial charge in [-0.15, -0.1) is 0 Å². The van der Waals surface area contributed by atoms with Crippen molar-refractivity contribution in [2.24, 2.45) is 0 Å². The van der Waals surface area contributed by atoms with E-state index in [0.717, 1.165) is 24.3 Å². The van der Waals surface area contributed by atoms with Crippen LogP contribution in [0.25, 0.3) is 0 Å². The fourth-order valence-electron chi connectivity index (χ4n) is 3.80. The van der Waals surface area contributed by atoms with Crippen LogP contribution in [0.4, 0.5) is 5.69 Å². The maximum absolute atomic E-state index is 13.2. The first-order valence-electron chi connectivity index (χ1n) is 10.1. The summed E-state index contributed by atoms with van der Waals surface area (Å²) in [4.78, 5) is 15.0. The van der Waals surface area contributed by atoms with E-state index in [1.165, 1.54) is 10.4 Å². The molecule has 0 radical (unpaired) electrons. The highest BCUT2D eigenvalue weighted by atomic mass is 32.2. The van der Waals surface area contributed by atoms with Gasteiger partial charge in [0.15, 0.2) is 0 Å². The predicted octanol–water partition coefficient (Wildman–Crippen LogP) is 2.90. The lowest BCUT2D eigenvalue weighted by atomic mass is 10.2. The van der Waals surface area contributed by atoms with Crippen LogP contribution in [0.5, 0.6) is 0 Å². The van der Waals surface area contributed by atoms with E-state index in [1.54, 1.807) is 18.2 Å². The number of sulfonamides is 1. The molecule has 0 aromatic heterocycles. The van der Waals surface area contributed by atoms with Gasteiger partial charge in [-0.05, 0) is 56.3 Å². The first-order chi connectivity index (χ1) is 13.9. The zero-order valence-corrected chi connectivity index (χ0v) is 18.1. The standard InChI is InChI=1S/C22H29N3O3S/c1-4-24(5-2)17(3)16-23-22(26)19-10-8-11-20(15-19)29(27,28)25-14-13-18-9-6-7-12-21(18)25/h6-12,15,17H,4-5,13-14,16H2,1-3H3,(H,23,26). The topological polar surface area (TPSA) is 69.7 Å². The molecule has 1 amide bonds. The van der Waals surface area contributed by atoms with Crippen LogP contribution in [-0.4, -0.2) is 51.4 Å². The molecule has 2 aromatic rings. The van der Waals surface area contributed by atoms with Gasteiger partial charge < -0.3 is 5.32 Å². The number of anilines is 1. The molecule has 7 heteroatoms. The Hall–Kier alpha value is -2.38. The third kappa shape index (κ3) is 4.46. The highest BCUT2D eigenvalue weighted by Crippen LogP contribution is 2.32. The van der Waals surface area contributed by atoms with Gasteiger partial charge in [0, 0.05) is 24.7 Å². The van der Waals surface area contributed by atoms with Gasteiger partial charge in [-0.2, -0.15) is 0 Å². The number of nitrogens with one attached hydrogen (secondary N) is 1. The minimum atomic E-state index is -3.72. The number of carbonyl (C=O) groups is 1. The summed E-state index contributed by atoms with van der Waals surface area (Å²) in [7, 11) is -3.72. The summed E-state index contributed by atoms with van der Waals surface area (Å²) in [6, 6.07) is 14.0. The number of nitrogens with zero attached hydrogens (tertiary/aromatic N) is 2. The molecule has 1 atom stereocenters. The Morgan fingerprint density at radius 2 is 1.86 bits per heavy atom. The Morgan fingerprint density at radius 1 is 1.14 bits per heavy atom. The van der Waals surface area contributed by atoms with Gasteiger partial charge in [-0.25, -0.2) is 8.42 Å². The highest BCUT2D eigenvalue weighted by molar-refractivity contribution is 7.92. The van der Waals surface area contributed by atoms with Crippen molar-refractivity contribution in [2.75, 3.05) is 30.5 Å². The average Bonchev–Trinajstić information content (AvgIpc) is 3.18. The molecule has 0 aliphatic carbocycles. The zero-order chi connectivity index (χ0) is 21.0. The van der Waals surface area contributed by atoms with Crippen molar-refractivity contribution in [3.63, 3.8) is 0 Å². The average molecular weight is 416 g/mol. The van der Waals surface area contributed by atoms with Gasteiger partial charge in [-0.3, -0.25) is 14.0 Å². The second kappa shape index (κ2) is 8.97. The van der Waals surface area contributed by atoms with Crippen LogP contribution in [0.2, 0.25) is 0 Å². The fourth-order valence-corrected chi connectivity index (χ4v) is 5.35. The van der Waals surface area contributed by atoms with Gasteiger partial charge in [0.1, 0.15) is 0 Å². The monoisotopic (exact) mass is 415 g/mol. The summed E-state index contributed by atoms with van der Waals surface area (Å²) in [5, 5.41) is 2.92. The number of para-hydroxylation sites is 1. The summed E-state index contributed by atoms with van der Waals surface area (Å²) in [6.07, 6.45) is 0.693. The van der Waals surface area contributed by atoms with Crippen LogP contribution >= 0.6 is 0 Å². The normalized spacial score (nSPS) is 14.7. The molecule has 0 spiro atoms. The number of benzene rings is 2. The van der Waals surface area contributed by atoms with E-state index in [-0.39, 0.29) is 16.8 Å². The van der Waals surface area contributed by atoms with Gasteiger partial charge in [0.05, 0.1) is 10.6 Å². The zero-order valence-electron chi connectivity index (χ0n) is 17.3. The van der Waals surface area contributed by atoms with Crippen LogP contribution in [0.15, 0.2) is 53.4 Å². The summed E-state index contributed by atoms with van der Waals surface area (Å²) in [5.74, 6) is -0.261. The molecule has 156 valence electrons. The summed E-state index contributed by atoms with van der Waals surface area (Å²) < 4.78 is 27.8. The third-order valence-corrected chi connectivity index (χ3v) is 7.33. The molecule has 29 heavy (non-hydrogen) atoms. The van der Waals surface area contributed by atoms with E-state index in [4.69, 9.17) is 0 Å². The predicted molar refractivity (Wildman–Crippen MR) is 116 cm³/mol. The minimum Gasteiger partial charge on any atom is -0.350 e. The molecule has 0 saturated heterocycles. The van der Waals surface area contributed by atoms with Crippen LogP contribution in [0.1, 0.15) is 36.7 Å². The molecule has 2 aromatic carbocycles. The number of amides is 1. The smallest absolute Gasteiger partial charge is 0.264 e.